The molecule has 4 aromatic rings. The Morgan fingerprint density at radius 3 is 1.53 bits per heavy atom. The van der Waals surface area contributed by atoms with E-state index in [0.29, 0.717) is 9.54 Å². The summed E-state index contributed by atoms with van der Waals surface area (Å²) in [6.45, 7) is 18.7. The van der Waals surface area contributed by atoms with Crippen LogP contribution < -0.4 is 24.8 Å². The van der Waals surface area contributed by atoms with Crippen molar-refractivity contribution in [3.05, 3.63) is 150 Å². The van der Waals surface area contributed by atoms with E-state index in [9.17, 15) is 0 Å². The summed E-state index contributed by atoms with van der Waals surface area (Å²) in [5.74, 6) is 0.515. The summed E-state index contributed by atoms with van der Waals surface area (Å²) in [6, 6.07) is 32.9. The Hall–Kier alpha value is -2.31. The zero-order chi connectivity index (χ0) is 30.5. The van der Waals surface area contributed by atoms with Crippen LogP contribution in [0.5, 0.6) is 0 Å². The first-order valence-corrected chi connectivity index (χ1v) is 20.0. The van der Waals surface area contributed by atoms with Crippen molar-refractivity contribution in [2.45, 2.75) is 71.9 Å². The molecular weight excluding hydrogens is 667 g/mol. The second-order valence-corrected chi connectivity index (χ2v) is 20.0. The molecule has 3 heteroatoms. The molecule has 0 aromatic heterocycles. The van der Waals surface area contributed by atoms with Crippen LogP contribution in [0.4, 0.5) is 0 Å². The molecule has 0 amide bonds. The Kier molecular flexibility index (Phi) is 11.2. The second kappa shape index (κ2) is 14.2. The first-order chi connectivity index (χ1) is 20.6. The number of aryl methyl sites for hydroxylation is 4. The van der Waals surface area contributed by atoms with Crippen molar-refractivity contribution in [2.75, 3.05) is 0 Å². The first kappa shape index (κ1) is 35.5. The van der Waals surface area contributed by atoms with Crippen LogP contribution in [-0.4, -0.2) is 3.21 Å². The molecule has 4 aromatic carbocycles. The van der Waals surface area contributed by atoms with Crippen LogP contribution in [0, 0.1) is 39.0 Å². The maximum Gasteiger partial charge on any atom is -1.00 e. The Labute approximate surface area is 292 Å². The van der Waals surface area contributed by atoms with Crippen LogP contribution in [0.3, 0.4) is 0 Å². The van der Waals surface area contributed by atoms with Crippen molar-refractivity contribution in [3.8, 4) is 11.1 Å². The smallest absolute Gasteiger partial charge is 1.00 e. The van der Waals surface area contributed by atoms with E-state index in [1.165, 1.54) is 62.9 Å². The number of halogens is 2. The van der Waals surface area contributed by atoms with Gasteiger partial charge >= 0.3 is 269 Å². The van der Waals surface area contributed by atoms with Crippen molar-refractivity contribution < 1.29 is 46.1 Å². The largest absolute Gasteiger partial charge is 1.00 e. The SMILES string of the molecule is CCCC1C=C(C(C)(C)C)C=[C]1[Zr+2](=[C](c1ccccc1)c1ccccc1)[CH]1c2cc(C)c(C)cc2-c2cc(C)c(C)cc21.[Cl-].[Cl-]. The van der Waals surface area contributed by atoms with E-state index in [2.05, 4.69) is 152 Å². The summed E-state index contributed by atoms with van der Waals surface area (Å²) in [7, 11) is 0. The molecule has 0 spiro atoms. The van der Waals surface area contributed by atoms with Crippen LogP contribution in [0.1, 0.15) is 88.7 Å². The number of allylic oxidation sites excluding steroid dienone is 4. The van der Waals surface area contributed by atoms with E-state index in [-0.39, 0.29) is 30.2 Å². The van der Waals surface area contributed by atoms with Gasteiger partial charge < -0.3 is 24.8 Å². The van der Waals surface area contributed by atoms with Gasteiger partial charge in [0.05, 0.1) is 0 Å². The first-order valence-electron chi connectivity index (χ1n) is 16.1. The molecule has 0 aliphatic heterocycles. The fourth-order valence-corrected chi connectivity index (χ4v) is 16.8. The molecule has 1 unspecified atom stereocenters. The Morgan fingerprint density at radius 2 is 1.11 bits per heavy atom. The zero-order valence-electron chi connectivity index (χ0n) is 28.1. The van der Waals surface area contributed by atoms with Gasteiger partial charge in [-0.2, -0.15) is 0 Å². The molecule has 0 saturated heterocycles. The monoisotopic (exact) mass is 710 g/mol. The van der Waals surface area contributed by atoms with Gasteiger partial charge in [-0.15, -0.1) is 0 Å². The van der Waals surface area contributed by atoms with Crippen molar-refractivity contribution >= 4 is 3.21 Å². The molecule has 6 rings (SSSR count). The molecule has 45 heavy (non-hydrogen) atoms. The maximum absolute atomic E-state index is 2.81. The summed E-state index contributed by atoms with van der Waals surface area (Å²) in [4.78, 5) is 0. The normalized spacial score (nSPS) is 15.1. The third kappa shape index (κ3) is 6.74. The van der Waals surface area contributed by atoms with Gasteiger partial charge in [-0.05, 0) is 0 Å². The Balaban J connectivity index is 0.00000230. The number of benzene rings is 4. The van der Waals surface area contributed by atoms with Crippen LogP contribution >= 0.6 is 0 Å². The molecular formula is C42H46Cl2Zr. The molecule has 0 saturated carbocycles. The van der Waals surface area contributed by atoms with E-state index >= 15 is 0 Å². The third-order valence-corrected chi connectivity index (χ3v) is 18.3. The summed E-state index contributed by atoms with van der Waals surface area (Å²) in [6.07, 6.45) is 7.77. The minimum atomic E-state index is -2.81. The van der Waals surface area contributed by atoms with Crippen LogP contribution in [0.25, 0.3) is 11.1 Å². The fourth-order valence-electron chi connectivity index (χ4n) is 7.17. The summed E-state index contributed by atoms with van der Waals surface area (Å²) in [5.41, 5.74) is 16.2. The number of fused-ring (bicyclic) bond motifs is 3. The standard InChI is InChI=1S/C17H17.C13H10.C12H19.2ClH.Zr/c1-10-5-14-9-15-6-11(2)13(4)8-17(15)16(14)7-12(10)3;1-3-7-12(8-4-1)11-13-9-5-2-6-10-13;1-5-6-10-7-8-11(9-10)12(2,3)4;;;/h5-9H,1-4H3;1-10H;8-10H,5-6H2,1-4H3;2*1H;/q;;;;;+2/p-2. The number of hydrogen-bond acceptors (Lipinski definition) is 0. The molecule has 1 atom stereocenters. The van der Waals surface area contributed by atoms with Crippen LogP contribution in [0.15, 0.2) is 106 Å². The molecule has 0 fully saturated rings. The average molecular weight is 713 g/mol. The maximum atomic E-state index is 2.70. The summed E-state index contributed by atoms with van der Waals surface area (Å²) >= 11 is -2.81. The minimum Gasteiger partial charge on any atom is -1.00 e. The molecule has 2 aliphatic carbocycles. The van der Waals surface area contributed by atoms with Gasteiger partial charge in [0.25, 0.3) is 0 Å². The van der Waals surface area contributed by atoms with Gasteiger partial charge in [0.2, 0.25) is 0 Å². The van der Waals surface area contributed by atoms with Gasteiger partial charge in [-0.3, -0.25) is 0 Å². The van der Waals surface area contributed by atoms with Crippen molar-refractivity contribution in [3.63, 3.8) is 0 Å². The van der Waals surface area contributed by atoms with Gasteiger partial charge in [0.1, 0.15) is 0 Å². The van der Waals surface area contributed by atoms with Gasteiger partial charge in [-0.25, -0.2) is 0 Å². The number of rotatable bonds is 6. The second-order valence-electron chi connectivity index (χ2n) is 13.9. The quantitative estimate of drug-likeness (QED) is 0.259. The van der Waals surface area contributed by atoms with Gasteiger partial charge in [-0.1, -0.05) is 0 Å². The Bertz CT molecular complexity index is 1690. The van der Waals surface area contributed by atoms with Crippen LogP contribution in [-0.2, 0) is 21.3 Å². The van der Waals surface area contributed by atoms with Crippen molar-refractivity contribution in [1.82, 2.24) is 0 Å². The molecule has 232 valence electrons. The molecule has 0 N–H and O–H groups in total. The zero-order valence-corrected chi connectivity index (χ0v) is 32.0. The summed E-state index contributed by atoms with van der Waals surface area (Å²) < 4.78 is 3.84. The van der Waals surface area contributed by atoms with E-state index in [4.69, 9.17) is 0 Å². The molecule has 0 nitrogen and oxygen atoms in total. The minimum absolute atomic E-state index is 0. The van der Waals surface area contributed by atoms with E-state index in [1.807, 2.05) is 0 Å². The predicted octanol–water partition coefficient (Wildman–Crippen LogP) is 5.17. The van der Waals surface area contributed by atoms with E-state index in [0.717, 1.165) is 0 Å². The van der Waals surface area contributed by atoms with E-state index in [1.54, 1.807) is 17.6 Å². The molecule has 2 aliphatic rings. The molecule has 0 heterocycles. The third-order valence-electron chi connectivity index (χ3n) is 9.79. The van der Waals surface area contributed by atoms with Crippen molar-refractivity contribution in [1.29, 1.82) is 0 Å². The molecule has 0 bridgehead atoms. The van der Waals surface area contributed by atoms with Crippen molar-refractivity contribution in [2.24, 2.45) is 11.3 Å². The van der Waals surface area contributed by atoms with Gasteiger partial charge in [0, 0.05) is 0 Å². The number of hydrogen-bond donors (Lipinski definition) is 0. The average Bonchev–Trinajstić information content (AvgIpc) is 3.53. The van der Waals surface area contributed by atoms with Crippen LogP contribution in [0.2, 0.25) is 0 Å². The fraction of sp³-hybridized carbons (Fsp3) is 0.310. The summed E-state index contributed by atoms with van der Waals surface area (Å²) in [5, 5.41) is 0. The molecule has 0 radical (unpaired) electrons. The Morgan fingerprint density at radius 1 is 0.667 bits per heavy atom. The predicted molar refractivity (Wildman–Crippen MR) is 183 cm³/mol. The van der Waals surface area contributed by atoms with Gasteiger partial charge in [0.15, 0.2) is 0 Å². The van der Waals surface area contributed by atoms with E-state index < -0.39 is 21.3 Å². The topological polar surface area (TPSA) is 0 Å².